The Morgan fingerprint density at radius 2 is 1.76 bits per heavy atom. The summed E-state index contributed by atoms with van der Waals surface area (Å²) >= 11 is 0. The van der Waals surface area contributed by atoms with Crippen LogP contribution in [0.25, 0.3) is 0 Å². The molecule has 3 N–H and O–H groups in total. The second-order valence-electron chi connectivity index (χ2n) is 9.29. The fraction of sp³-hybridized carbons (Fsp3) is 0.500. The van der Waals surface area contributed by atoms with Crippen molar-refractivity contribution in [2.75, 3.05) is 20.3 Å². The van der Waals surface area contributed by atoms with Crippen molar-refractivity contribution < 1.29 is 39.1 Å². The highest BCUT2D eigenvalue weighted by molar-refractivity contribution is 5.81. The van der Waals surface area contributed by atoms with Crippen LogP contribution in [0, 0.1) is 0 Å². The highest BCUT2D eigenvalue weighted by Gasteiger charge is 2.56. The van der Waals surface area contributed by atoms with Crippen molar-refractivity contribution in [1.29, 1.82) is 0 Å². The van der Waals surface area contributed by atoms with Crippen LogP contribution in [0.15, 0.2) is 36.4 Å². The largest absolute Gasteiger partial charge is 0.486 e. The Morgan fingerprint density at radius 3 is 2.44 bits per heavy atom. The van der Waals surface area contributed by atoms with E-state index in [2.05, 4.69) is 0 Å². The normalized spacial score (nSPS) is 30.7. The molecule has 34 heavy (non-hydrogen) atoms. The molecule has 5 rings (SSSR count). The van der Waals surface area contributed by atoms with Crippen LogP contribution in [0.4, 0.5) is 0 Å². The standard InChI is InChI=1S/C26H30O8/c1-14(27)24-22(28)23(29)25(30)26(31-2,34-24)18-6-7-19(16-4-5-16)17(13-18)11-15-3-8-20-21(12-15)33-10-9-32-20/h3,6-8,12-13,16,22-25,28-30H,4-5,9-11H2,1-2H3/t22-,23-,24+,25+,26?/m0/s1. The van der Waals surface area contributed by atoms with Gasteiger partial charge in [-0.05, 0) is 67.0 Å². The zero-order valence-corrected chi connectivity index (χ0v) is 19.3. The molecule has 0 radical (unpaired) electrons. The number of rotatable bonds is 6. The Balaban J connectivity index is 1.53. The summed E-state index contributed by atoms with van der Waals surface area (Å²) in [4.78, 5) is 12.1. The van der Waals surface area contributed by atoms with Crippen molar-refractivity contribution in [3.05, 3.63) is 58.7 Å². The number of aliphatic hydroxyl groups excluding tert-OH is 3. The second-order valence-corrected chi connectivity index (χ2v) is 9.29. The molecule has 0 spiro atoms. The van der Waals surface area contributed by atoms with E-state index >= 15 is 0 Å². The van der Waals surface area contributed by atoms with E-state index in [1.165, 1.54) is 19.6 Å². The van der Waals surface area contributed by atoms with Crippen LogP contribution in [0.3, 0.4) is 0 Å². The fourth-order valence-electron chi connectivity index (χ4n) is 4.95. The van der Waals surface area contributed by atoms with E-state index in [9.17, 15) is 20.1 Å². The van der Waals surface area contributed by atoms with Gasteiger partial charge in [-0.3, -0.25) is 4.79 Å². The van der Waals surface area contributed by atoms with E-state index in [1.54, 1.807) is 6.07 Å². The Morgan fingerprint density at radius 1 is 1.03 bits per heavy atom. The molecule has 1 saturated carbocycles. The SMILES string of the molecule is COC1(c2ccc(C3CC3)c(Cc3ccc4c(c3)OCCO4)c2)O[C@H](C(C)=O)[C@@H](O)[C@H](O)[C@H]1O. The maximum Gasteiger partial charge on any atom is 0.225 e. The quantitative estimate of drug-likeness (QED) is 0.586. The minimum Gasteiger partial charge on any atom is -0.486 e. The van der Waals surface area contributed by atoms with E-state index in [0.29, 0.717) is 36.9 Å². The Hall–Kier alpha value is -2.49. The molecule has 3 aliphatic rings. The maximum atomic E-state index is 12.1. The van der Waals surface area contributed by atoms with Crippen molar-refractivity contribution >= 4 is 5.78 Å². The van der Waals surface area contributed by atoms with Gasteiger partial charge in [0.2, 0.25) is 5.79 Å². The number of ether oxygens (including phenoxy) is 4. The first-order chi connectivity index (χ1) is 16.3. The van der Waals surface area contributed by atoms with Gasteiger partial charge in [-0.1, -0.05) is 18.2 Å². The van der Waals surface area contributed by atoms with Gasteiger partial charge < -0.3 is 34.3 Å². The molecule has 0 aromatic heterocycles. The number of methoxy groups -OCH3 is 1. The molecule has 0 amide bonds. The lowest BCUT2D eigenvalue weighted by molar-refractivity contribution is -0.355. The molecule has 2 fully saturated rings. The van der Waals surface area contributed by atoms with Crippen molar-refractivity contribution in [2.45, 2.75) is 62.3 Å². The Bertz CT molecular complexity index is 1080. The molecular formula is C26H30O8. The van der Waals surface area contributed by atoms with E-state index in [4.69, 9.17) is 18.9 Å². The number of ketones is 1. The molecule has 1 aliphatic carbocycles. The van der Waals surface area contributed by atoms with Crippen LogP contribution in [-0.4, -0.2) is 65.8 Å². The number of Topliss-reactive ketones (excluding diaryl/α,β-unsaturated/α-hetero) is 1. The number of fused-ring (bicyclic) bond motifs is 1. The molecular weight excluding hydrogens is 440 g/mol. The topological polar surface area (TPSA) is 115 Å². The van der Waals surface area contributed by atoms with Gasteiger partial charge >= 0.3 is 0 Å². The van der Waals surface area contributed by atoms with Gasteiger partial charge in [-0.25, -0.2) is 0 Å². The summed E-state index contributed by atoms with van der Waals surface area (Å²) in [6, 6.07) is 11.6. The van der Waals surface area contributed by atoms with Crippen molar-refractivity contribution in [1.82, 2.24) is 0 Å². The smallest absolute Gasteiger partial charge is 0.225 e. The van der Waals surface area contributed by atoms with Crippen LogP contribution >= 0.6 is 0 Å². The van der Waals surface area contributed by atoms with Gasteiger partial charge in [0.15, 0.2) is 17.3 Å². The molecule has 1 saturated heterocycles. The third-order valence-corrected chi connectivity index (χ3v) is 6.94. The predicted octanol–water partition coefficient (Wildman–Crippen LogP) is 1.80. The summed E-state index contributed by atoms with van der Waals surface area (Å²) < 4.78 is 22.9. The number of carbonyl (C=O) groups excluding carboxylic acids is 1. The number of hydrogen-bond donors (Lipinski definition) is 3. The summed E-state index contributed by atoms with van der Waals surface area (Å²) in [5.41, 5.74) is 3.75. The van der Waals surface area contributed by atoms with Crippen molar-refractivity contribution in [2.24, 2.45) is 0 Å². The van der Waals surface area contributed by atoms with Gasteiger partial charge in [0.1, 0.15) is 37.6 Å². The lowest BCUT2D eigenvalue weighted by Gasteiger charge is -2.47. The first-order valence-electron chi connectivity index (χ1n) is 11.6. The molecule has 0 bridgehead atoms. The van der Waals surface area contributed by atoms with Crippen LogP contribution in [0.5, 0.6) is 11.5 Å². The van der Waals surface area contributed by atoms with Gasteiger partial charge in [0, 0.05) is 12.7 Å². The minimum absolute atomic E-state index is 0.467. The average Bonchev–Trinajstić information content (AvgIpc) is 3.68. The molecule has 2 aliphatic heterocycles. The monoisotopic (exact) mass is 470 g/mol. The zero-order chi connectivity index (χ0) is 24.0. The Kier molecular flexibility index (Phi) is 6.12. The summed E-state index contributed by atoms with van der Waals surface area (Å²) in [5, 5.41) is 31.7. The first kappa shape index (κ1) is 23.3. The van der Waals surface area contributed by atoms with Gasteiger partial charge in [0.25, 0.3) is 0 Å². The van der Waals surface area contributed by atoms with E-state index in [0.717, 1.165) is 29.7 Å². The van der Waals surface area contributed by atoms with E-state index in [1.807, 2.05) is 30.3 Å². The molecule has 2 aromatic rings. The highest BCUT2D eigenvalue weighted by atomic mass is 16.7. The summed E-state index contributed by atoms with van der Waals surface area (Å²) in [6.07, 6.45) is -3.28. The van der Waals surface area contributed by atoms with Crippen LogP contribution in [0.1, 0.15) is 47.9 Å². The number of carbonyl (C=O) groups is 1. The molecule has 182 valence electrons. The average molecular weight is 471 g/mol. The Labute approximate surface area is 198 Å². The van der Waals surface area contributed by atoms with E-state index < -0.39 is 36.0 Å². The minimum atomic E-state index is -1.81. The van der Waals surface area contributed by atoms with Crippen LogP contribution < -0.4 is 9.47 Å². The lowest BCUT2D eigenvalue weighted by atomic mass is 9.84. The summed E-state index contributed by atoms with van der Waals surface area (Å²) in [6.45, 7) is 2.31. The highest BCUT2D eigenvalue weighted by Crippen LogP contribution is 2.45. The lowest BCUT2D eigenvalue weighted by Crippen LogP contribution is -2.64. The fourth-order valence-corrected chi connectivity index (χ4v) is 4.95. The van der Waals surface area contributed by atoms with Crippen molar-refractivity contribution in [3.63, 3.8) is 0 Å². The van der Waals surface area contributed by atoms with Crippen molar-refractivity contribution in [3.8, 4) is 11.5 Å². The summed E-state index contributed by atoms with van der Waals surface area (Å²) in [7, 11) is 1.35. The molecule has 5 atom stereocenters. The molecule has 1 unspecified atom stereocenters. The van der Waals surface area contributed by atoms with Crippen LogP contribution in [-0.2, 0) is 26.5 Å². The number of hydrogen-bond acceptors (Lipinski definition) is 8. The molecule has 8 nitrogen and oxygen atoms in total. The van der Waals surface area contributed by atoms with Gasteiger partial charge in [0.05, 0.1) is 0 Å². The maximum absolute atomic E-state index is 12.1. The number of aliphatic hydroxyl groups is 3. The zero-order valence-electron chi connectivity index (χ0n) is 19.3. The predicted molar refractivity (Wildman–Crippen MR) is 121 cm³/mol. The molecule has 2 aromatic carbocycles. The van der Waals surface area contributed by atoms with Gasteiger partial charge in [-0.15, -0.1) is 0 Å². The van der Waals surface area contributed by atoms with Crippen LogP contribution in [0.2, 0.25) is 0 Å². The first-order valence-corrected chi connectivity index (χ1v) is 11.6. The second kappa shape index (κ2) is 8.94. The summed E-state index contributed by atoms with van der Waals surface area (Å²) in [5.74, 6) is -0.362. The van der Waals surface area contributed by atoms with Gasteiger partial charge in [-0.2, -0.15) is 0 Å². The number of benzene rings is 2. The molecule has 2 heterocycles. The molecule has 8 heteroatoms. The third kappa shape index (κ3) is 3.99. The third-order valence-electron chi connectivity index (χ3n) is 6.94. The van der Waals surface area contributed by atoms with E-state index in [-0.39, 0.29) is 0 Å².